The van der Waals surface area contributed by atoms with Crippen LogP contribution in [0.3, 0.4) is 0 Å². The minimum atomic E-state index is 0. The second-order valence-corrected chi connectivity index (χ2v) is 5.74. The molecule has 0 fully saturated rings. The monoisotopic (exact) mass is 429 g/mol. The van der Waals surface area contributed by atoms with Crippen molar-refractivity contribution in [1.82, 2.24) is 24.5 Å². The van der Waals surface area contributed by atoms with E-state index in [2.05, 4.69) is 29.7 Å². The largest absolute Gasteiger partial charge is 0.350 e. The van der Waals surface area contributed by atoms with Crippen molar-refractivity contribution in [2.45, 2.75) is 6.54 Å². The molecule has 4 rings (SSSR count). The molecule has 7 nitrogen and oxygen atoms in total. The number of rotatable bonds is 3. The van der Waals surface area contributed by atoms with Gasteiger partial charge in [-0.3, -0.25) is 19.0 Å². The molecule has 0 saturated heterocycles. The molecule has 3 aromatic rings. The summed E-state index contributed by atoms with van der Waals surface area (Å²) >= 11 is 1.64. The highest BCUT2D eigenvalue weighted by Gasteiger charge is 2.20. The van der Waals surface area contributed by atoms with Gasteiger partial charge >= 0.3 is 0 Å². The summed E-state index contributed by atoms with van der Waals surface area (Å²) in [6.07, 6.45) is 5.88. The van der Waals surface area contributed by atoms with E-state index in [-0.39, 0.29) is 24.0 Å². The molecule has 0 unspecified atom stereocenters. The van der Waals surface area contributed by atoms with Gasteiger partial charge in [-0.2, -0.15) is 5.10 Å². The van der Waals surface area contributed by atoms with Crippen LogP contribution in [-0.2, 0) is 13.6 Å². The second-order valence-electron chi connectivity index (χ2n) is 4.86. The average Bonchev–Trinajstić information content (AvgIpc) is 3.21. The first-order valence-electron chi connectivity index (χ1n) is 6.76. The standard InChI is InChI=1S/C13H15N7S.HI/c1-18-4-2-11(17-18)20-5-3-14-12(20)15-8-10-9-16-13-19(10)6-7-21-13;/h2,4,6-7,9H,3,5,8H2,1H3,(H,14,15);1H. The Hall–Kier alpha value is -1.62. The highest BCUT2D eigenvalue weighted by atomic mass is 127. The number of aliphatic imine (C=N–C) groups is 1. The van der Waals surface area contributed by atoms with Gasteiger partial charge < -0.3 is 5.32 Å². The van der Waals surface area contributed by atoms with Crippen LogP contribution in [0.15, 0.2) is 35.0 Å². The second kappa shape index (κ2) is 6.24. The average molecular weight is 429 g/mol. The SMILES string of the molecule is Cn1ccc(N2CCN=C2NCc2cnc3sccn23)n1.I. The number of nitrogens with one attached hydrogen (secondary N) is 1. The zero-order valence-electron chi connectivity index (χ0n) is 12.0. The van der Waals surface area contributed by atoms with E-state index >= 15 is 0 Å². The summed E-state index contributed by atoms with van der Waals surface area (Å²) in [5, 5.41) is 9.87. The number of hydrogen-bond acceptors (Lipinski definition) is 6. The topological polar surface area (TPSA) is 62.8 Å². The number of thiazole rings is 1. The summed E-state index contributed by atoms with van der Waals surface area (Å²) in [4.78, 5) is 12.0. The van der Waals surface area contributed by atoms with Gasteiger partial charge in [0, 0.05) is 37.4 Å². The lowest BCUT2D eigenvalue weighted by Gasteiger charge is -2.18. The molecule has 1 N–H and O–H groups in total. The predicted molar refractivity (Wildman–Crippen MR) is 98.2 cm³/mol. The molecular weight excluding hydrogens is 413 g/mol. The summed E-state index contributed by atoms with van der Waals surface area (Å²) < 4.78 is 3.90. The lowest BCUT2D eigenvalue weighted by molar-refractivity contribution is 0.760. The fourth-order valence-electron chi connectivity index (χ4n) is 2.44. The lowest BCUT2D eigenvalue weighted by atomic mass is 10.4. The first-order chi connectivity index (χ1) is 10.3. The van der Waals surface area contributed by atoms with Crippen molar-refractivity contribution >= 4 is 52.1 Å². The first-order valence-corrected chi connectivity index (χ1v) is 7.64. The summed E-state index contributed by atoms with van der Waals surface area (Å²) in [6.45, 7) is 2.35. The molecule has 1 aliphatic rings. The van der Waals surface area contributed by atoms with Crippen molar-refractivity contribution in [2.75, 3.05) is 18.0 Å². The van der Waals surface area contributed by atoms with Crippen LogP contribution < -0.4 is 10.2 Å². The van der Waals surface area contributed by atoms with E-state index in [0.29, 0.717) is 6.54 Å². The molecule has 0 bridgehead atoms. The third kappa shape index (κ3) is 2.70. The number of imidazole rings is 1. The van der Waals surface area contributed by atoms with Crippen molar-refractivity contribution in [3.8, 4) is 0 Å². The van der Waals surface area contributed by atoms with Crippen LogP contribution in [0.25, 0.3) is 4.96 Å². The van der Waals surface area contributed by atoms with Crippen LogP contribution >= 0.6 is 35.3 Å². The molecule has 0 atom stereocenters. The summed E-state index contributed by atoms with van der Waals surface area (Å²) in [6, 6.07) is 2.00. The van der Waals surface area contributed by atoms with Crippen molar-refractivity contribution in [3.05, 3.63) is 35.7 Å². The Morgan fingerprint density at radius 1 is 1.36 bits per heavy atom. The zero-order valence-corrected chi connectivity index (χ0v) is 15.2. The maximum atomic E-state index is 4.53. The Bertz CT molecular complexity index is 802. The van der Waals surface area contributed by atoms with Gasteiger partial charge in [0.25, 0.3) is 0 Å². The molecule has 0 saturated carbocycles. The Balaban J connectivity index is 0.00000144. The number of hydrogen-bond donors (Lipinski definition) is 1. The fraction of sp³-hybridized carbons (Fsp3) is 0.308. The van der Waals surface area contributed by atoms with E-state index < -0.39 is 0 Å². The normalized spacial score (nSPS) is 14.2. The number of anilines is 1. The molecule has 116 valence electrons. The Labute approximate surface area is 148 Å². The van der Waals surface area contributed by atoms with Crippen LogP contribution in [0.4, 0.5) is 5.82 Å². The lowest BCUT2D eigenvalue weighted by Crippen LogP contribution is -2.38. The van der Waals surface area contributed by atoms with Crippen LogP contribution in [0, 0.1) is 0 Å². The van der Waals surface area contributed by atoms with Crippen molar-refractivity contribution < 1.29 is 0 Å². The molecule has 3 aromatic heterocycles. The van der Waals surface area contributed by atoms with E-state index in [1.807, 2.05) is 37.1 Å². The van der Waals surface area contributed by atoms with E-state index in [9.17, 15) is 0 Å². The molecule has 22 heavy (non-hydrogen) atoms. The van der Waals surface area contributed by atoms with Crippen molar-refractivity contribution in [3.63, 3.8) is 0 Å². The summed E-state index contributed by atoms with van der Waals surface area (Å²) in [5.74, 6) is 1.80. The highest BCUT2D eigenvalue weighted by molar-refractivity contribution is 14.0. The van der Waals surface area contributed by atoms with E-state index in [0.717, 1.165) is 35.5 Å². The third-order valence-corrected chi connectivity index (χ3v) is 4.24. The van der Waals surface area contributed by atoms with Crippen LogP contribution in [0.1, 0.15) is 5.69 Å². The van der Waals surface area contributed by atoms with Gasteiger partial charge in [-0.1, -0.05) is 0 Å². The van der Waals surface area contributed by atoms with Gasteiger partial charge in [-0.25, -0.2) is 4.98 Å². The van der Waals surface area contributed by atoms with Gasteiger partial charge in [0.2, 0.25) is 0 Å². The third-order valence-electron chi connectivity index (χ3n) is 3.47. The molecule has 9 heteroatoms. The Morgan fingerprint density at radius 2 is 2.27 bits per heavy atom. The van der Waals surface area contributed by atoms with Crippen LogP contribution in [-0.4, -0.2) is 38.2 Å². The van der Waals surface area contributed by atoms with Gasteiger partial charge in [-0.05, 0) is 0 Å². The summed E-state index contributed by atoms with van der Waals surface area (Å²) in [5.41, 5.74) is 1.13. The molecule has 0 amide bonds. The Kier molecular flexibility index (Phi) is 4.34. The van der Waals surface area contributed by atoms with E-state index in [1.165, 1.54) is 0 Å². The van der Waals surface area contributed by atoms with Gasteiger partial charge in [0.05, 0.1) is 25.0 Å². The van der Waals surface area contributed by atoms with Crippen molar-refractivity contribution in [2.24, 2.45) is 12.0 Å². The quantitative estimate of drug-likeness (QED) is 0.645. The smallest absolute Gasteiger partial charge is 0.200 e. The first kappa shape index (κ1) is 15.3. The van der Waals surface area contributed by atoms with Crippen LogP contribution in [0.5, 0.6) is 0 Å². The zero-order chi connectivity index (χ0) is 14.2. The maximum Gasteiger partial charge on any atom is 0.200 e. The Morgan fingerprint density at radius 3 is 3.09 bits per heavy atom. The van der Waals surface area contributed by atoms with Gasteiger partial charge in [0.15, 0.2) is 16.7 Å². The fourth-order valence-corrected chi connectivity index (χ4v) is 3.15. The minimum absolute atomic E-state index is 0. The molecule has 0 aromatic carbocycles. The number of fused-ring (bicyclic) bond motifs is 1. The number of aromatic nitrogens is 4. The molecule has 1 aliphatic heterocycles. The number of guanidine groups is 1. The summed E-state index contributed by atoms with van der Waals surface area (Å²) in [7, 11) is 1.92. The molecule has 4 heterocycles. The van der Waals surface area contributed by atoms with Gasteiger partial charge in [-0.15, -0.1) is 35.3 Å². The molecule has 0 spiro atoms. The minimum Gasteiger partial charge on any atom is -0.350 e. The molecule has 0 radical (unpaired) electrons. The number of aryl methyl sites for hydroxylation is 1. The highest BCUT2D eigenvalue weighted by Crippen LogP contribution is 2.15. The van der Waals surface area contributed by atoms with Crippen LogP contribution in [0.2, 0.25) is 0 Å². The van der Waals surface area contributed by atoms with E-state index in [4.69, 9.17) is 0 Å². The maximum absolute atomic E-state index is 4.53. The number of nitrogens with zero attached hydrogens (tertiary/aromatic N) is 6. The number of halogens is 1. The van der Waals surface area contributed by atoms with Gasteiger partial charge in [0.1, 0.15) is 0 Å². The molecule has 0 aliphatic carbocycles. The molecular formula is C13H16IN7S. The van der Waals surface area contributed by atoms with E-state index in [1.54, 1.807) is 16.0 Å². The predicted octanol–water partition coefficient (Wildman–Crippen LogP) is 1.71. The van der Waals surface area contributed by atoms with Crippen molar-refractivity contribution in [1.29, 1.82) is 0 Å².